The lowest BCUT2D eigenvalue weighted by Gasteiger charge is -2.39. The van der Waals surface area contributed by atoms with Crippen LogP contribution < -0.4 is 0 Å². The monoisotopic (exact) mass is 399 g/mol. The van der Waals surface area contributed by atoms with Crippen molar-refractivity contribution in [2.24, 2.45) is 5.92 Å². The van der Waals surface area contributed by atoms with Gasteiger partial charge in [-0.3, -0.25) is 9.89 Å². The van der Waals surface area contributed by atoms with Crippen LogP contribution in [-0.2, 0) is 30.7 Å². The van der Waals surface area contributed by atoms with Crippen LogP contribution in [0.3, 0.4) is 0 Å². The maximum atomic E-state index is 13.1. The number of nitrogens with one attached hydrogen (secondary N) is 1. The van der Waals surface area contributed by atoms with Crippen LogP contribution in [0.25, 0.3) is 0 Å². The molecule has 3 amide bonds. The van der Waals surface area contributed by atoms with Crippen LogP contribution in [0.2, 0.25) is 0 Å². The van der Waals surface area contributed by atoms with E-state index in [4.69, 9.17) is 0 Å². The first kappa shape index (κ1) is 17.7. The van der Waals surface area contributed by atoms with Crippen LogP contribution in [-0.4, -0.2) is 63.0 Å². The second-order valence-corrected chi connectivity index (χ2v) is 8.99. The van der Waals surface area contributed by atoms with Gasteiger partial charge in [0.1, 0.15) is 0 Å². The number of hydrogen-bond donors (Lipinski definition) is 1. The maximum absolute atomic E-state index is 13.1. The summed E-state index contributed by atoms with van der Waals surface area (Å²) in [5.41, 5.74) is 3.53. The predicted octanol–water partition coefficient (Wildman–Crippen LogP) is 2.25. The predicted molar refractivity (Wildman–Crippen MR) is 106 cm³/mol. The van der Waals surface area contributed by atoms with E-state index in [1.807, 2.05) is 20.9 Å². The molecule has 28 heavy (non-hydrogen) atoms. The molecule has 7 nitrogen and oxygen atoms in total. The van der Waals surface area contributed by atoms with E-state index in [0.717, 1.165) is 56.6 Å². The standard InChI is InChI=1S/C20H25N5O2S/c26-19(23-7-3-17-16(13-23)10-21-22-17)15-2-1-6-24(12-15)20(27)25-8-4-18-14(11-25)5-9-28-18/h5,9-10,15H,1-4,6-8,11-13H2,(H,21,22)/t15-/m0/s1. The Bertz CT molecular complexity index is 821. The van der Waals surface area contributed by atoms with Gasteiger partial charge in [-0.2, -0.15) is 5.10 Å². The second-order valence-electron chi connectivity index (χ2n) is 7.99. The summed E-state index contributed by atoms with van der Waals surface area (Å²) >= 11 is 1.78. The van der Waals surface area contributed by atoms with Gasteiger partial charge in [-0.05, 0) is 36.3 Å². The van der Waals surface area contributed by atoms with E-state index in [2.05, 4.69) is 21.6 Å². The lowest BCUT2D eigenvalue weighted by atomic mass is 9.95. The average molecular weight is 400 g/mol. The SMILES string of the molecule is O=C([C@H]1CCCN(C(=O)N2CCc3sccc3C2)C1)N1CCc2[nH]ncc2C1. The van der Waals surface area contributed by atoms with E-state index in [9.17, 15) is 9.59 Å². The van der Waals surface area contributed by atoms with Gasteiger partial charge in [0.05, 0.1) is 12.1 Å². The first-order chi connectivity index (χ1) is 13.7. The average Bonchev–Trinajstić information content (AvgIpc) is 3.40. The summed E-state index contributed by atoms with van der Waals surface area (Å²) in [5.74, 6) is 0.0933. The number of carbonyl (C=O) groups excluding carboxylic acids is 2. The largest absolute Gasteiger partial charge is 0.338 e. The first-order valence-electron chi connectivity index (χ1n) is 10.1. The van der Waals surface area contributed by atoms with Crippen molar-refractivity contribution in [3.63, 3.8) is 0 Å². The van der Waals surface area contributed by atoms with E-state index >= 15 is 0 Å². The molecule has 0 radical (unpaired) electrons. The van der Waals surface area contributed by atoms with Crippen molar-refractivity contribution in [2.75, 3.05) is 26.2 Å². The molecule has 8 heteroatoms. The smallest absolute Gasteiger partial charge is 0.320 e. The molecule has 1 saturated heterocycles. The molecule has 0 bridgehead atoms. The van der Waals surface area contributed by atoms with Gasteiger partial charge >= 0.3 is 6.03 Å². The maximum Gasteiger partial charge on any atom is 0.320 e. The fraction of sp³-hybridized carbons (Fsp3) is 0.550. The molecule has 5 rings (SSSR count). The van der Waals surface area contributed by atoms with Crippen molar-refractivity contribution >= 4 is 23.3 Å². The molecule has 148 valence electrons. The quantitative estimate of drug-likeness (QED) is 0.799. The number of fused-ring (bicyclic) bond motifs is 2. The Morgan fingerprint density at radius 2 is 1.93 bits per heavy atom. The van der Waals surface area contributed by atoms with Crippen molar-refractivity contribution in [1.29, 1.82) is 0 Å². The highest BCUT2D eigenvalue weighted by Crippen LogP contribution is 2.27. The third-order valence-electron chi connectivity index (χ3n) is 6.23. The normalized spacial score (nSPS) is 22.0. The Hall–Kier alpha value is -2.35. The molecule has 1 fully saturated rings. The van der Waals surface area contributed by atoms with Crippen molar-refractivity contribution in [1.82, 2.24) is 24.9 Å². The minimum atomic E-state index is -0.0901. The van der Waals surface area contributed by atoms with Gasteiger partial charge in [-0.25, -0.2) is 4.79 Å². The summed E-state index contributed by atoms with van der Waals surface area (Å²) in [6.07, 6.45) is 5.35. The van der Waals surface area contributed by atoms with Crippen LogP contribution in [0.15, 0.2) is 17.6 Å². The van der Waals surface area contributed by atoms with Gasteiger partial charge in [0.15, 0.2) is 0 Å². The summed E-state index contributed by atoms with van der Waals surface area (Å²) in [6.45, 7) is 4.12. The molecule has 2 aromatic rings. The number of thiophene rings is 1. The summed E-state index contributed by atoms with van der Waals surface area (Å²) in [4.78, 5) is 33.4. The lowest BCUT2D eigenvalue weighted by molar-refractivity contribution is -0.138. The zero-order valence-corrected chi connectivity index (χ0v) is 16.7. The van der Waals surface area contributed by atoms with Gasteiger partial charge in [0, 0.05) is 61.8 Å². The summed E-state index contributed by atoms with van der Waals surface area (Å²) in [6, 6.07) is 2.22. The van der Waals surface area contributed by atoms with Crippen molar-refractivity contribution in [2.45, 2.75) is 38.8 Å². The molecule has 1 atom stereocenters. The molecule has 5 heterocycles. The van der Waals surface area contributed by atoms with Crippen LogP contribution >= 0.6 is 11.3 Å². The number of nitrogens with zero attached hydrogens (tertiary/aromatic N) is 4. The number of aromatic nitrogens is 2. The van der Waals surface area contributed by atoms with E-state index in [-0.39, 0.29) is 17.9 Å². The Labute approximate surface area is 168 Å². The molecule has 2 aromatic heterocycles. The molecule has 0 spiro atoms. The molecular weight excluding hydrogens is 374 g/mol. The van der Waals surface area contributed by atoms with E-state index in [0.29, 0.717) is 19.6 Å². The van der Waals surface area contributed by atoms with E-state index in [1.54, 1.807) is 11.3 Å². The molecule has 0 aromatic carbocycles. The fourth-order valence-electron chi connectivity index (χ4n) is 4.63. The Balaban J connectivity index is 1.23. The highest BCUT2D eigenvalue weighted by atomic mass is 32.1. The van der Waals surface area contributed by atoms with Crippen LogP contribution in [0, 0.1) is 5.92 Å². The number of H-pyrrole nitrogens is 1. The van der Waals surface area contributed by atoms with Crippen LogP contribution in [0.4, 0.5) is 4.79 Å². The second kappa shape index (κ2) is 7.24. The molecule has 1 N–H and O–H groups in total. The highest BCUT2D eigenvalue weighted by Gasteiger charge is 2.34. The third kappa shape index (κ3) is 3.19. The molecule has 0 saturated carbocycles. The van der Waals surface area contributed by atoms with E-state index in [1.165, 1.54) is 10.4 Å². The first-order valence-corrected chi connectivity index (χ1v) is 11.0. The fourth-order valence-corrected chi connectivity index (χ4v) is 5.52. The Morgan fingerprint density at radius 1 is 1.07 bits per heavy atom. The van der Waals surface area contributed by atoms with Crippen molar-refractivity contribution in [3.05, 3.63) is 39.3 Å². The van der Waals surface area contributed by atoms with Crippen LogP contribution in [0.5, 0.6) is 0 Å². The zero-order valence-electron chi connectivity index (χ0n) is 15.9. The zero-order chi connectivity index (χ0) is 19.1. The summed E-state index contributed by atoms with van der Waals surface area (Å²) < 4.78 is 0. The van der Waals surface area contributed by atoms with E-state index < -0.39 is 0 Å². The van der Waals surface area contributed by atoms with Gasteiger partial charge in [-0.15, -0.1) is 11.3 Å². The van der Waals surface area contributed by atoms with Crippen LogP contribution in [0.1, 0.15) is 34.5 Å². The highest BCUT2D eigenvalue weighted by molar-refractivity contribution is 7.10. The number of aromatic amines is 1. The van der Waals surface area contributed by atoms with Crippen molar-refractivity contribution in [3.8, 4) is 0 Å². The molecule has 0 unspecified atom stereocenters. The van der Waals surface area contributed by atoms with Gasteiger partial charge in [0.25, 0.3) is 0 Å². The number of rotatable bonds is 1. The molecule has 3 aliphatic heterocycles. The molecular formula is C20H25N5O2S. The number of likely N-dealkylation sites (tertiary alicyclic amines) is 1. The van der Waals surface area contributed by atoms with Crippen molar-refractivity contribution < 1.29 is 9.59 Å². The number of hydrogen-bond acceptors (Lipinski definition) is 4. The topological polar surface area (TPSA) is 72.5 Å². The summed E-state index contributed by atoms with van der Waals surface area (Å²) in [7, 11) is 0. The van der Waals surface area contributed by atoms with Gasteiger partial charge in [-0.1, -0.05) is 0 Å². The number of urea groups is 1. The molecule has 3 aliphatic rings. The molecule has 0 aliphatic carbocycles. The van der Waals surface area contributed by atoms with Gasteiger partial charge < -0.3 is 14.7 Å². The third-order valence-corrected chi connectivity index (χ3v) is 7.25. The Kier molecular flexibility index (Phi) is 4.58. The minimum Gasteiger partial charge on any atom is -0.338 e. The Morgan fingerprint density at radius 3 is 2.86 bits per heavy atom. The minimum absolute atomic E-state index is 0.0881. The number of amides is 3. The summed E-state index contributed by atoms with van der Waals surface area (Å²) in [5, 5.41) is 9.21. The lowest BCUT2D eigenvalue weighted by Crippen LogP contribution is -2.52. The number of piperidine rings is 1. The number of carbonyl (C=O) groups is 2. The van der Waals surface area contributed by atoms with Gasteiger partial charge in [0.2, 0.25) is 5.91 Å².